The summed E-state index contributed by atoms with van der Waals surface area (Å²) in [7, 11) is 1.87. The van der Waals surface area contributed by atoms with Gasteiger partial charge >= 0.3 is 0 Å². The Morgan fingerprint density at radius 1 is 1.35 bits per heavy atom. The number of pyridine rings is 1. The standard InChI is InChI=1S/C13H12N6S/c1-19-7-16-18-13(19)20-11-6-9(12(14)15)8-4-2-3-5-10(8)17-11/h2-7H,1H3,(H3,14,15). The molecule has 0 aliphatic heterocycles. The Kier molecular flexibility index (Phi) is 3.11. The highest BCUT2D eigenvalue weighted by Crippen LogP contribution is 2.27. The van der Waals surface area contributed by atoms with Crippen LogP contribution in [0.3, 0.4) is 0 Å². The molecule has 3 N–H and O–H groups in total. The third-order valence-corrected chi connectivity index (χ3v) is 3.82. The Morgan fingerprint density at radius 2 is 2.15 bits per heavy atom. The van der Waals surface area contributed by atoms with Crippen molar-refractivity contribution in [1.29, 1.82) is 5.41 Å². The second-order valence-corrected chi connectivity index (χ2v) is 5.25. The van der Waals surface area contributed by atoms with Crippen molar-refractivity contribution in [3.8, 4) is 0 Å². The van der Waals surface area contributed by atoms with Crippen molar-refractivity contribution in [3.05, 3.63) is 42.2 Å². The number of nitrogens with two attached hydrogens (primary N) is 1. The fraction of sp³-hybridized carbons (Fsp3) is 0.0769. The molecule has 2 heterocycles. The van der Waals surface area contributed by atoms with Crippen molar-refractivity contribution in [2.75, 3.05) is 0 Å². The molecule has 0 unspecified atom stereocenters. The van der Waals surface area contributed by atoms with E-state index in [4.69, 9.17) is 11.1 Å². The molecule has 0 saturated carbocycles. The van der Waals surface area contributed by atoms with Gasteiger partial charge in [-0.3, -0.25) is 5.41 Å². The molecule has 3 aromatic rings. The van der Waals surface area contributed by atoms with Crippen LogP contribution in [0.1, 0.15) is 5.56 Å². The molecule has 0 atom stereocenters. The number of benzene rings is 1. The number of hydrogen-bond donors (Lipinski definition) is 2. The lowest BCUT2D eigenvalue weighted by atomic mass is 10.1. The van der Waals surface area contributed by atoms with Gasteiger partial charge in [0.15, 0.2) is 5.16 Å². The zero-order chi connectivity index (χ0) is 14.1. The van der Waals surface area contributed by atoms with Gasteiger partial charge in [-0.15, -0.1) is 10.2 Å². The maximum absolute atomic E-state index is 7.71. The molecule has 0 radical (unpaired) electrons. The van der Waals surface area contributed by atoms with Gasteiger partial charge in [-0.2, -0.15) is 0 Å². The fourth-order valence-electron chi connectivity index (χ4n) is 1.88. The Morgan fingerprint density at radius 3 is 2.85 bits per heavy atom. The Hall–Kier alpha value is -2.41. The van der Waals surface area contributed by atoms with E-state index in [1.165, 1.54) is 11.8 Å². The molecule has 2 aromatic heterocycles. The molecule has 20 heavy (non-hydrogen) atoms. The van der Waals surface area contributed by atoms with Crippen LogP contribution in [-0.2, 0) is 7.05 Å². The van der Waals surface area contributed by atoms with Crippen molar-refractivity contribution in [2.45, 2.75) is 10.2 Å². The van der Waals surface area contributed by atoms with Crippen LogP contribution in [0, 0.1) is 5.41 Å². The summed E-state index contributed by atoms with van der Waals surface area (Å²) in [5, 5.41) is 17.9. The lowest BCUT2D eigenvalue weighted by molar-refractivity contribution is 0.787. The van der Waals surface area contributed by atoms with Crippen LogP contribution in [-0.4, -0.2) is 25.6 Å². The monoisotopic (exact) mass is 284 g/mol. The number of aromatic nitrogens is 4. The van der Waals surface area contributed by atoms with Gasteiger partial charge in [0.1, 0.15) is 17.2 Å². The van der Waals surface area contributed by atoms with Gasteiger partial charge in [-0.1, -0.05) is 18.2 Å². The first-order valence-corrected chi connectivity index (χ1v) is 6.73. The minimum absolute atomic E-state index is 0.0309. The molecule has 7 heteroatoms. The molecular weight excluding hydrogens is 272 g/mol. The van der Waals surface area contributed by atoms with Crippen LogP contribution in [0.4, 0.5) is 0 Å². The minimum atomic E-state index is 0.0309. The molecule has 0 bridgehead atoms. The van der Waals surface area contributed by atoms with E-state index in [0.29, 0.717) is 5.56 Å². The molecule has 0 saturated heterocycles. The Balaban J connectivity index is 2.12. The third-order valence-electron chi connectivity index (χ3n) is 2.85. The number of hydrogen-bond acceptors (Lipinski definition) is 5. The number of rotatable bonds is 3. The molecule has 3 rings (SSSR count). The average Bonchev–Trinajstić information content (AvgIpc) is 2.83. The van der Waals surface area contributed by atoms with Crippen molar-refractivity contribution in [3.63, 3.8) is 0 Å². The van der Waals surface area contributed by atoms with Gasteiger partial charge < -0.3 is 10.3 Å². The highest BCUT2D eigenvalue weighted by molar-refractivity contribution is 7.99. The van der Waals surface area contributed by atoms with E-state index in [1.54, 1.807) is 6.33 Å². The number of nitrogens with zero attached hydrogens (tertiary/aromatic N) is 4. The first-order valence-electron chi connectivity index (χ1n) is 5.91. The van der Waals surface area contributed by atoms with E-state index in [1.807, 2.05) is 41.9 Å². The summed E-state index contributed by atoms with van der Waals surface area (Å²) in [4.78, 5) is 4.56. The smallest absolute Gasteiger partial charge is 0.197 e. The van der Waals surface area contributed by atoms with Gasteiger partial charge in [0.05, 0.1) is 5.52 Å². The zero-order valence-electron chi connectivity index (χ0n) is 10.7. The molecule has 0 aliphatic rings. The van der Waals surface area contributed by atoms with E-state index in [-0.39, 0.29) is 5.84 Å². The Labute approximate surface area is 119 Å². The van der Waals surface area contributed by atoms with Gasteiger partial charge in [0.25, 0.3) is 0 Å². The summed E-state index contributed by atoms with van der Waals surface area (Å²) in [6, 6.07) is 9.45. The van der Waals surface area contributed by atoms with Crippen LogP contribution in [0.2, 0.25) is 0 Å². The van der Waals surface area contributed by atoms with E-state index < -0.39 is 0 Å². The number of aryl methyl sites for hydroxylation is 1. The predicted molar refractivity (Wildman–Crippen MR) is 77.9 cm³/mol. The molecule has 0 amide bonds. The molecule has 100 valence electrons. The molecule has 0 aliphatic carbocycles. The molecule has 1 aromatic carbocycles. The van der Waals surface area contributed by atoms with Gasteiger partial charge in [-0.05, 0) is 23.9 Å². The molecule has 6 nitrogen and oxygen atoms in total. The summed E-state index contributed by atoms with van der Waals surface area (Å²) in [6.07, 6.45) is 1.63. The second kappa shape index (κ2) is 4.93. The summed E-state index contributed by atoms with van der Waals surface area (Å²) < 4.78 is 1.81. The minimum Gasteiger partial charge on any atom is -0.384 e. The Bertz CT molecular complexity index is 794. The van der Waals surface area contributed by atoms with E-state index in [2.05, 4.69) is 15.2 Å². The summed E-state index contributed by atoms with van der Waals surface area (Å²) in [6.45, 7) is 0. The summed E-state index contributed by atoms with van der Waals surface area (Å²) in [5.74, 6) is 0.0309. The highest BCUT2D eigenvalue weighted by atomic mass is 32.2. The van der Waals surface area contributed by atoms with Crippen LogP contribution in [0.25, 0.3) is 10.9 Å². The normalized spacial score (nSPS) is 10.8. The first-order chi connectivity index (χ1) is 9.65. The molecule has 0 fully saturated rings. The summed E-state index contributed by atoms with van der Waals surface area (Å²) in [5.41, 5.74) is 7.16. The lowest BCUT2D eigenvalue weighted by Crippen LogP contribution is -2.12. The van der Waals surface area contributed by atoms with E-state index in [9.17, 15) is 0 Å². The number of amidine groups is 1. The predicted octanol–water partition coefficient (Wildman–Crippen LogP) is 1.80. The van der Waals surface area contributed by atoms with Gasteiger partial charge in [0.2, 0.25) is 0 Å². The quantitative estimate of drug-likeness (QED) is 0.565. The van der Waals surface area contributed by atoms with Crippen LogP contribution in [0.5, 0.6) is 0 Å². The van der Waals surface area contributed by atoms with Crippen molar-refractivity contribution >= 4 is 28.5 Å². The van der Waals surface area contributed by atoms with Crippen molar-refractivity contribution < 1.29 is 0 Å². The molecule has 0 spiro atoms. The average molecular weight is 284 g/mol. The summed E-state index contributed by atoms with van der Waals surface area (Å²) >= 11 is 1.39. The second-order valence-electron chi connectivity index (χ2n) is 4.27. The lowest BCUT2D eigenvalue weighted by Gasteiger charge is -2.07. The first kappa shape index (κ1) is 12.6. The fourth-order valence-corrected chi connectivity index (χ4v) is 2.67. The maximum Gasteiger partial charge on any atom is 0.197 e. The highest BCUT2D eigenvalue weighted by Gasteiger charge is 2.11. The topological polar surface area (TPSA) is 93.5 Å². The number of para-hydroxylation sites is 1. The molecular formula is C13H12N6S. The zero-order valence-corrected chi connectivity index (χ0v) is 11.6. The number of nitrogens with one attached hydrogen (secondary N) is 1. The van der Waals surface area contributed by atoms with Crippen LogP contribution in [0.15, 0.2) is 46.8 Å². The largest absolute Gasteiger partial charge is 0.384 e. The maximum atomic E-state index is 7.71. The number of fused-ring (bicyclic) bond motifs is 1. The van der Waals surface area contributed by atoms with E-state index >= 15 is 0 Å². The van der Waals surface area contributed by atoms with E-state index in [0.717, 1.165) is 21.1 Å². The van der Waals surface area contributed by atoms with Crippen LogP contribution < -0.4 is 5.73 Å². The third kappa shape index (κ3) is 2.23. The van der Waals surface area contributed by atoms with Crippen molar-refractivity contribution in [1.82, 2.24) is 19.7 Å². The number of nitrogen functional groups attached to an aromatic ring is 1. The van der Waals surface area contributed by atoms with Crippen molar-refractivity contribution in [2.24, 2.45) is 12.8 Å². The van der Waals surface area contributed by atoms with Crippen LogP contribution >= 0.6 is 11.8 Å². The van der Waals surface area contributed by atoms with Gasteiger partial charge in [-0.25, -0.2) is 4.98 Å². The van der Waals surface area contributed by atoms with Gasteiger partial charge in [0, 0.05) is 18.0 Å². The SMILES string of the molecule is Cn1cnnc1Sc1cc(C(=N)N)c2ccccc2n1.